The summed E-state index contributed by atoms with van der Waals surface area (Å²) < 4.78 is 13.1. The fourth-order valence-electron chi connectivity index (χ4n) is 1.63. The van der Waals surface area contributed by atoms with Gasteiger partial charge in [0.15, 0.2) is 0 Å². The van der Waals surface area contributed by atoms with Gasteiger partial charge in [0.2, 0.25) is 5.91 Å². The number of nitrogens with one attached hydrogen (secondary N) is 2. The van der Waals surface area contributed by atoms with Crippen molar-refractivity contribution < 1.29 is 9.18 Å². The number of carbonyl (C=O) groups excluding carboxylic acids is 1. The summed E-state index contributed by atoms with van der Waals surface area (Å²) in [7, 11) is 0. The van der Waals surface area contributed by atoms with Gasteiger partial charge in [0.05, 0.1) is 0 Å². The van der Waals surface area contributed by atoms with Gasteiger partial charge in [-0.05, 0) is 31.5 Å². The third kappa shape index (κ3) is 5.13. The van der Waals surface area contributed by atoms with E-state index in [9.17, 15) is 9.18 Å². The lowest BCUT2D eigenvalue weighted by atomic mass is 10.1. The first-order valence-corrected chi connectivity index (χ1v) is 6.97. The van der Waals surface area contributed by atoms with Crippen LogP contribution in [0.3, 0.4) is 0 Å². The van der Waals surface area contributed by atoms with Crippen molar-refractivity contribution in [3.05, 3.63) is 29.6 Å². The molecule has 1 aromatic carbocycles. The average Bonchev–Trinajstić information content (AvgIpc) is 2.39. The topological polar surface area (TPSA) is 67.2 Å². The van der Waals surface area contributed by atoms with Crippen LogP contribution in [0.2, 0.25) is 0 Å². The van der Waals surface area contributed by atoms with E-state index in [1.54, 1.807) is 6.07 Å². The quantitative estimate of drug-likeness (QED) is 0.675. The van der Waals surface area contributed by atoms with Gasteiger partial charge in [-0.25, -0.2) is 4.39 Å². The molecule has 0 aromatic heterocycles. The van der Waals surface area contributed by atoms with E-state index in [2.05, 4.69) is 10.6 Å². The van der Waals surface area contributed by atoms with Gasteiger partial charge >= 0.3 is 0 Å². The zero-order chi connectivity index (χ0) is 15.1. The number of rotatable bonds is 7. The standard InChI is InChI=1S/C14H20FN3OS/c1-3-9(2)18-13(19)6-7-17-12-5-4-10(15)8-11(12)14(16)20/h4-5,8-9,17H,3,6-7H2,1-2H3,(H2,16,20)(H,18,19). The van der Waals surface area contributed by atoms with E-state index >= 15 is 0 Å². The number of halogens is 1. The van der Waals surface area contributed by atoms with Crippen molar-refractivity contribution in [2.75, 3.05) is 11.9 Å². The predicted octanol–water partition coefficient (Wildman–Crippen LogP) is 2.18. The van der Waals surface area contributed by atoms with Crippen LogP contribution in [-0.4, -0.2) is 23.5 Å². The van der Waals surface area contributed by atoms with Crippen molar-refractivity contribution in [2.24, 2.45) is 5.73 Å². The molecule has 4 N–H and O–H groups in total. The minimum atomic E-state index is -0.395. The highest BCUT2D eigenvalue weighted by molar-refractivity contribution is 7.80. The Labute approximate surface area is 123 Å². The van der Waals surface area contributed by atoms with Crippen molar-refractivity contribution >= 4 is 28.8 Å². The molecule has 110 valence electrons. The maximum absolute atomic E-state index is 13.1. The van der Waals surface area contributed by atoms with Crippen LogP contribution in [0, 0.1) is 5.82 Å². The summed E-state index contributed by atoms with van der Waals surface area (Å²) in [5.74, 6) is -0.418. The fraction of sp³-hybridized carbons (Fsp3) is 0.429. The smallest absolute Gasteiger partial charge is 0.221 e. The highest BCUT2D eigenvalue weighted by Crippen LogP contribution is 2.16. The van der Waals surface area contributed by atoms with Crippen molar-refractivity contribution in [2.45, 2.75) is 32.7 Å². The van der Waals surface area contributed by atoms with Gasteiger partial charge in [-0.1, -0.05) is 19.1 Å². The van der Waals surface area contributed by atoms with Crippen LogP contribution >= 0.6 is 12.2 Å². The van der Waals surface area contributed by atoms with E-state index in [0.29, 0.717) is 24.2 Å². The first kappa shape index (κ1) is 16.4. The van der Waals surface area contributed by atoms with Crippen LogP contribution < -0.4 is 16.4 Å². The summed E-state index contributed by atoms with van der Waals surface area (Å²) in [6, 6.07) is 4.34. The molecule has 0 saturated heterocycles. The van der Waals surface area contributed by atoms with Crippen molar-refractivity contribution in [3.8, 4) is 0 Å². The molecule has 0 aliphatic rings. The molecule has 0 aliphatic heterocycles. The van der Waals surface area contributed by atoms with Crippen molar-refractivity contribution in [1.82, 2.24) is 5.32 Å². The summed E-state index contributed by atoms with van der Waals surface area (Å²) in [6.45, 7) is 4.40. The van der Waals surface area contributed by atoms with E-state index < -0.39 is 5.82 Å². The molecule has 0 saturated carbocycles. The van der Waals surface area contributed by atoms with E-state index in [0.717, 1.165) is 6.42 Å². The van der Waals surface area contributed by atoms with Gasteiger partial charge in [-0.2, -0.15) is 0 Å². The normalized spacial score (nSPS) is 11.8. The first-order valence-electron chi connectivity index (χ1n) is 6.56. The lowest BCUT2D eigenvalue weighted by molar-refractivity contribution is -0.121. The van der Waals surface area contributed by atoms with E-state index in [1.807, 2.05) is 13.8 Å². The molecule has 1 unspecified atom stereocenters. The lowest BCUT2D eigenvalue weighted by Gasteiger charge is -2.13. The molecule has 1 rings (SSSR count). The van der Waals surface area contributed by atoms with Gasteiger partial charge in [-0.3, -0.25) is 4.79 Å². The van der Waals surface area contributed by atoms with Crippen molar-refractivity contribution in [3.63, 3.8) is 0 Å². The number of thiocarbonyl (C=S) groups is 1. The molecule has 0 heterocycles. The lowest BCUT2D eigenvalue weighted by Crippen LogP contribution is -2.33. The Balaban J connectivity index is 2.54. The number of amides is 1. The molecule has 4 nitrogen and oxygen atoms in total. The molecule has 0 fully saturated rings. The number of hydrogen-bond acceptors (Lipinski definition) is 3. The molecule has 0 spiro atoms. The second kappa shape index (κ2) is 7.79. The van der Waals surface area contributed by atoms with Crippen LogP contribution in [0.5, 0.6) is 0 Å². The number of carbonyl (C=O) groups is 1. The zero-order valence-corrected chi connectivity index (χ0v) is 12.5. The Morgan fingerprint density at radius 3 is 2.80 bits per heavy atom. The maximum Gasteiger partial charge on any atom is 0.221 e. The average molecular weight is 297 g/mol. The molecule has 20 heavy (non-hydrogen) atoms. The molecular formula is C14H20FN3OS. The van der Waals surface area contributed by atoms with Gasteiger partial charge < -0.3 is 16.4 Å². The SMILES string of the molecule is CCC(C)NC(=O)CCNc1ccc(F)cc1C(N)=S. The summed E-state index contributed by atoms with van der Waals surface area (Å²) in [4.78, 5) is 11.7. The summed E-state index contributed by atoms with van der Waals surface area (Å²) in [6.07, 6.45) is 1.22. The zero-order valence-electron chi connectivity index (χ0n) is 11.7. The molecule has 0 bridgehead atoms. The van der Waals surface area contributed by atoms with Gasteiger partial charge in [0.1, 0.15) is 10.8 Å². The highest BCUT2D eigenvalue weighted by atomic mass is 32.1. The Bertz CT molecular complexity index is 493. The van der Waals surface area contributed by atoms with Gasteiger partial charge in [-0.15, -0.1) is 0 Å². The summed E-state index contributed by atoms with van der Waals surface area (Å²) >= 11 is 4.88. The van der Waals surface area contributed by atoms with Crippen molar-refractivity contribution in [1.29, 1.82) is 0 Å². The number of benzene rings is 1. The Morgan fingerprint density at radius 2 is 2.20 bits per heavy atom. The molecule has 6 heteroatoms. The van der Waals surface area contributed by atoms with Crippen LogP contribution in [0.4, 0.5) is 10.1 Å². The highest BCUT2D eigenvalue weighted by Gasteiger charge is 2.08. The van der Waals surface area contributed by atoms with Crippen LogP contribution in [-0.2, 0) is 4.79 Å². The molecule has 0 radical (unpaired) electrons. The van der Waals surface area contributed by atoms with Gasteiger partial charge in [0, 0.05) is 30.3 Å². The maximum atomic E-state index is 13.1. The second-order valence-electron chi connectivity index (χ2n) is 4.61. The summed E-state index contributed by atoms with van der Waals surface area (Å²) in [5, 5.41) is 5.92. The summed E-state index contributed by atoms with van der Waals surface area (Å²) in [5.41, 5.74) is 6.63. The molecule has 0 aliphatic carbocycles. The van der Waals surface area contributed by atoms with E-state index in [1.165, 1.54) is 12.1 Å². The third-order valence-electron chi connectivity index (χ3n) is 2.93. The molecule has 1 atom stereocenters. The largest absolute Gasteiger partial charge is 0.389 e. The van der Waals surface area contributed by atoms with Crippen LogP contribution in [0.25, 0.3) is 0 Å². The van der Waals surface area contributed by atoms with Crippen LogP contribution in [0.1, 0.15) is 32.3 Å². The van der Waals surface area contributed by atoms with Gasteiger partial charge in [0.25, 0.3) is 0 Å². The van der Waals surface area contributed by atoms with E-state index in [-0.39, 0.29) is 16.9 Å². The predicted molar refractivity (Wildman–Crippen MR) is 83.3 cm³/mol. The fourth-order valence-corrected chi connectivity index (χ4v) is 1.80. The minimum absolute atomic E-state index is 0.0224. The number of anilines is 1. The Morgan fingerprint density at radius 1 is 1.50 bits per heavy atom. The van der Waals surface area contributed by atoms with Crippen LogP contribution in [0.15, 0.2) is 18.2 Å². The minimum Gasteiger partial charge on any atom is -0.389 e. The Kier molecular flexibility index (Phi) is 6.38. The second-order valence-corrected chi connectivity index (χ2v) is 5.05. The monoisotopic (exact) mass is 297 g/mol. The van der Waals surface area contributed by atoms with E-state index in [4.69, 9.17) is 18.0 Å². The molecular weight excluding hydrogens is 277 g/mol. The third-order valence-corrected chi connectivity index (χ3v) is 3.15. The number of nitrogens with two attached hydrogens (primary N) is 1. The first-order chi connectivity index (χ1) is 9.43. The number of hydrogen-bond donors (Lipinski definition) is 3. The molecule has 1 amide bonds. The molecule has 1 aromatic rings. The Hall–Kier alpha value is -1.69.